The van der Waals surface area contributed by atoms with Gasteiger partial charge in [-0.3, -0.25) is 10.1 Å². The van der Waals surface area contributed by atoms with E-state index in [2.05, 4.69) is 0 Å². The first-order valence-corrected chi connectivity index (χ1v) is 7.28. The van der Waals surface area contributed by atoms with E-state index in [0.717, 1.165) is 11.1 Å². The zero-order valence-corrected chi connectivity index (χ0v) is 12.5. The first-order valence-electron chi connectivity index (χ1n) is 7.28. The van der Waals surface area contributed by atoms with Crippen LogP contribution in [0.5, 0.6) is 0 Å². The van der Waals surface area contributed by atoms with Crippen molar-refractivity contribution in [3.63, 3.8) is 0 Å². The minimum Gasteiger partial charge on any atom is -0.394 e. The first-order chi connectivity index (χ1) is 11.1. The van der Waals surface area contributed by atoms with E-state index in [9.17, 15) is 15.2 Å². The zero-order valence-electron chi connectivity index (χ0n) is 12.5. The van der Waals surface area contributed by atoms with Gasteiger partial charge in [0.25, 0.3) is 0 Å². The van der Waals surface area contributed by atoms with Crippen LogP contribution in [0.25, 0.3) is 0 Å². The van der Waals surface area contributed by atoms with Crippen molar-refractivity contribution in [3.05, 3.63) is 81.9 Å². The number of ether oxygens (including phenoxy) is 1. The highest BCUT2D eigenvalue weighted by Gasteiger charge is 2.29. The van der Waals surface area contributed by atoms with Gasteiger partial charge < -0.3 is 14.9 Å². The topological polar surface area (TPSA) is 92.8 Å². The maximum Gasteiger partial charge on any atom is 0.232 e. The molecule has 0 aliphatic heterocycles. The fourth-order valence-electron chi connectivity index (χ4n) is 2.30. The number of nitrogens with zero attached hydrogens (tertiary/aromatic N) is 1. The van der Waals surface area contributed by atoms with Crippen LogP contribution >= 0.6 is 0 Å². The summed E-state index contributed by atoms with van der Waals surface area (Å²) in [6.45, 7) is -1.19. The summed E-state index contributed by atoms with van der Waals surface area (Å²) in [4.78, 5) is 10.3. The SMILES string of the molecule is O=[N+]([O-])C[C@@H](OC(c1ccccc1)c1ccccc1)[C@H](O)CO. The second kappa shape index (κ2) is 8.38. The molecule has 0 fully saturated rings. The van der Waals surface area contributed by atoms with E-state index >= 15 is 0 Å². The molecule has 6 nitrogen and oxygen atoms in total. The Balaban J connectivity index is 2.31. The van der Waals surface area contributed by atoms with E-state index in [-0.39, 0.29) is 0 Å². The molecule has 0 saturated carbocycles. The van der Waals surface area contributed by atoms with Gasteiger partial charge in [-0.05, 0) is 11.1 Å². The molecule has 0 radical (unpaired) electrons. The van der Waals surface area contributed by atoms with Crippen molar-refractivity contribution in [1.29, 1.82) is 0 Å². The summed E-state index contributed by atoms with van der Waals surface area (Å²) < 4.78 is 5.83. The molecule has 0 aliphatic carbocycles. The van der Waals surface area contributed by atoms with E-state index in [1.54, 1.807) is 0 Å². The van der Waals surface area contributed by atoms with Gasteiger partial charge in [-0.25, -0.2) is 0 Å². The fraction of sp³-hybridized carbons (Fsp3) is 0.294. The van der Waals surface area contributed by atoms with Gasteiger partial charge in [0.05, 0.1) is 6.61 Å². The molecule has 0 bridgehead atoms. The van der Waals surface area contributed by atoms with Crippen LogP contribution < -0.4 is 0 Å². The Morgan fingerprint density at radius 1 is 1.00 bits per heavy atom. The second-order valence-corrected chi connectivity index (χ2v) is 5.14. The Labute approximate surface area is 134 Å². The molecule has 0 aliphatic rings. The van der Waals surface area contributed by atoms with E-state index in [0.29, 0.717) is 0 Å². The third kappa shape index (κ3) is 4.85. The molecule has 0 saturated heterocycles. The molecule has 2 aromatic carbocycles. The number of aliphatic hydroxyl groups is 2. The van der Waals surface area contributed by atoms with Crippen LogP contribution in [0.4, 0.5) is 0 Å². The van der Waals surface area contributed by atoms with Gasteiger partial charge in [0.15, 0.2) is 6.10 Å². The van der Waals surface area contributed by atoms with E-state index in [4.69, 9.17) is 9.84 Å². The van der Waals surface area contributed by atoms with Crippen LogP contribution in [0, 0.1) is 10.1 Å². The number of benzene rings is 2. The Hall–Kier alpha value is -2.28. The van der Waals surface area contributed by atoms with Crippen LogP contribution in [-0.2, 0) is 4.74 Å². The van der Waals surface area contributed by atoms with Crippen molar-refractivity contribution in [1.82, 2.24) is 0 Å². The lowest BCUT2D eigenvalue weighted by atomic mass is 10.0. The Bertz CT molecular complexity index is 565. The number of aliphatic hydroxyl groups excluding tert-OH is 2. The number of rotatable bonds is 8. The van der Waals surface area contributed by atoms with Crippen LogP contribution in [0.2, 0.25) is 0 Å². The molecule has 2 aromatic rings. The van der Waals surface area contributed by atoms with E-state index in [1.165, 1.54) is 0 Å². The molecule has 0 heterocycles. The monoisotopic (exact) mass is 317 g/mol. The fourth-order valence-corrected chi connectivity index (χ4v) is 2.30. The summed E-state index contributed by atoms with van der Waals surface area (Å²) in [5.74, 6) is 0. The molecule has 23 heavy (non-hydrogen) atoms. The highest BCUT2D eigenvalue weighted by atomic mass is 16.6. The van der Waals surface area contributed by atoms with Crippen LogP contribution in [0.15, 0.2) is 60.7 Å². The van der Waals surface area contributed by atoms with Crippen molar-refractivity contribution in [2.75, 3.05) is 13.2 Å². The molecule has 0 spiro atoms. The smallest absolute Gasteiger partial charge is 0.232 e. The molecule has 0 amide bonds. The molecule has 0 aromatic heterocycles. The largest absolute Gasteiger partial charge is 0.394 e. The molecule has 122 valence electrons. The predicted molar refractivity (Wildman–Crippen MR) is 84.6 cm³/mol. The van der Waals surface area contributed by atoms with Gasteiger partial charge in [-0.2, -0.15) is 0 Å². The summed E-state index contributed by atoms with van der Waals surface area (Å²) in [5, 5.41) is 29.8. The molecule has 6 heteroatoms. The maximum absolute atomic E-state index is 10.8. The molecule has 2 N–H and O–H groups in total. The average Bonchev–Trinajstić information content (AvgIpc) is 2.59. The summed E-state index contributed by atoms with van der Waals surface area (Å²) in [5.41, 5.74) is 1.63. The maximum atomic E-state index is 10.8. The summed E-state index contributed by atoms with van der Waals surface area (Å²) >= 11 is 0. The zero-order chi connectivity index (χ0) is 16.7. The standard InChI is InChI=1S/C17H19NO5/c19-12-15(20)16(11-18(21)22)23-17(13-7-3-1-4-8-13)14-9-5-2-6-10-14/h1-10,15-17,19-20H,11-12H2/t15-,16-/m1/s1. The molecule has 2 atom stereocenters. The number of hydrogen-bond donors (Lipinski definition) is 2. The predicted octanol–water partition coefficient (Wildman–Crippen LogP) is 1.79. The summed E-state index contributed by atoms with van der Waals surface area (Å²) in [6.07, 6.45) is -3.00. The number of hydrogen-bond acceptors (Lipinski definition) is 5. The lowest BCUT2D eigenvalue weighted by Crippen LogP contribution is -2.38. The van der Waals surface area contributed by atoms with Gasteiger partial charge in [0.1, 0.15) is 12.2 Å². The highest BCUT2D eigenvalue weighted by Crippen LogP contribution is 2.28. The van der Waals surface area contributed by atoms with Crippen LogP contribution in [0.3, 0.4) is 0 Å². The summed E-state index contributed by atoms with van der Waals surface area (Å²) in [7, 11) is 0. The quantitative estimate of drug-likeness (QED) is 0.572. The minimum absolute atomic E-state index is 0.559. The normalized spacial score (nSPS) is 13.7. The lowest BCUT2D eigenvalue weighted by Gasteiger charge is -2.26. The number of nitro groups is 1. The summed E-state index contributed by atoms with van der Waals surface area (Å²) in [6, 6.07) is 18.5. The third-order valence-electron chi connectivity index (χ3n) is 3.46. The van der Waals surface area contributed by atoms with E-state index < -0.39 is 36.4 Å². The second-order valence-electron chi connectivity index (χ2n) is 5.14. The van der Waals surface area contributed by atoms with Crippen molar-refractivity contribution in [2.24, 2.45) is 0 Å². The van der Waals surface area contributed by atoms with Crippen molar-refractivity contribution in [3.8, 4) is 0 Å². The van der Waals surface area contributed by atoms with Crippen LogP contribution in [-0.4, -0.2) is 40.5 Å². The Kier molecular flexibility index (Phi) is 6.22. The van der Waals surface area contributed by atoms with Crippen molar-refractivity contribution < 1.29 is 19.9 Å². The minimum atomic E-state index is -1.32. The van der Waals surface area contributed by atoms with Crippen LogP contribution in [0.1, 0.15) is 17.2 Å². The molecular weight excluding hydrogens is 298 g/mol. The first kappa shape index (κ1) is 17.1. The van der Waals surface area contributed by atoms with Crippen molar-refractivity contribution in [2.45, 2.75) is 18.3 Å². The lowest BCUT2D eigenvalue weighted by molar-refractivity contribution is -0.495. The molecule has 2 rings (SSSR count). The third-order valence-corrected chi connectivity index (χ3v) is 3.46. The molecule has 0 unspecified atom stereocenters. The van der Waals surface area contributed by atoms with Gasteiger partial charge in [0, 0.05) is 4.92 Å². The van der Waals surface area contributed by atoms with Gasteiger partial charge >= 0.3 is 0 Å². The highest BCUT2D eigenvalue weighted by molar-refractivity contribution is 5.30. The van der Waals surface area contributed by atoms with Gasteiger partial charge in [-0.1, -0.05) is 60.7 Å². The van der Waals surface area contributed by atoms with Gasteiger partial charge in [0.2, 0.25) is 6.54 Å². The van der Waals surface area contributed by atoms with Gasteiger partial charge in [-0.15, -0.1) is 0 Å². The Morgan fingerprint density at radius 2 is 1.48 bits per heavy atom. The Morgan fingerprint density at radius 3 is 1.87 bits per heavy atom. The average molecular weight is 317 g/mol. The van der Waals surface area contributed by atoms with Crippen molar-refractivity contribution >= 4 is 0 Å². The van der Waals surface area contributed by atoms with E-state index in [1.807, 2.05) is 60.7 Å². The molecular formula is C17H19NO5.